The average Bonchev–Trinajstić information content (AvgIpc) is 3.39. The molecule has 0 radical (unpaired) electrons. The summed E-state index contributed by atoms with van der Waals surface area (Å²) in [4.78, 5) is 39.2. The number of carbonyl (C=O) groups excluding carboxylic acids is 3. The van der Waals surface area contributed by atoms with Crippen LogP contribution in [-0.4, -0.2) is 54.0 Å². The van der Waals surface area contributed by atoms with E-state index in [-0.39, 0.29) is 49.2 Å². The lowest BCUT2D eigenvalue weighted by atomic mass is 9.93. The molecule has 0 fully saturated rings. The highest BCUT2D eigenvalue weighted by Crippen LogP contribution is 2.34. The number of ether oxygens (including phenoxy) is 1. The van der Waals surface area contributed by atoms with Gasteiger partial charge in [0.05, 0.1) is 23.7 Å². The van der Waals surface area contributed by atoms with Gasteiger partial charge in [0.15, 0.2) is 5.69 Å². The molecule has 174 valence electrons. The molecule has 3 amide bonds. The van der Waals surface area contributed by atoms with Crippen LogP contribution in [0.4, 0.5) is 0 Å². The summed E-state index contributed by atoms with van der Waals surface area (Å²) in [6, 6.07) is 14.0. The first-order valence-corrected chi connectivity index (χ1v) is 11.2. The number of imide groups is 1. The van der Waals surface area contributed by atoms with Gasteiger partial charge in [0.25, 0.3) is 17.7 Å². The monoisotopic (exact) mass is 460 g/mol. The van der Waals surface area contributed by atoms with Crippen molar-refractivity contribution in [2.45, 2.75) is 19.4 Å². The summed E-state index contributed by atoms with van der Waals surface area (Å²) in [6.45, 7) is 3.20. The van der Waals surface area contributed by atoms with Crippen LogP contribution in [0.3, 0.4) is 0 Å². The Kier molecular flexibility index (Phi) is 5.85. The van der Waals surface area contributed by atoms with Gasteiger partial charge in [-0.3, -0.25) is 19.3 Å². The van der Waals surface area contributed by atoms with Crippen molar-refractivity contribution in [3.63, 3.8) is 0 Å². The summed E-state index contributed by atoms with van der Waals surface area (Å²) in [6.07, 6.45) is 0.813. The molecule has 0 saturated carbocycles. The average molecular weight is 460 g/mol. The second-order valence-electron chi connectivity index (χ2n) is 8.28. The maximum atomic E-state index is 12.9. The molecule has 2 aliphatic heterocycles. The lowest BCUT2D eigenvalue weighted by Gasteiger charge is -2.31. The SMILES string of the molecule is Cc1cc(C(=O)NCCOc2cccc3c2[C@@H](CN2C(=O)c4ccccc4C2=O)NCC3)no1. The molecule has 0 aliphatic carbocycles. The third-order valence-electron chi connectivity index (χ3n) is 6.04. The van der Waals surface area contributed by atoms with Gasteiger partial charge in [0.1, 0.15) is 18.1 Å². The number of fused-ring (bicyclic) bond motifs is 2. The fourth-order valence-corrected chi connectivity index (χ4v) is 4.44. The topological polar surface area (TPSA) is 114 Å². The zero-order chi connectivity index (χ0) is 23.7. The van der Waals surface area contributed by atoms with Gasteiger partial charge in [-0.15, -0.1) is 0 Å². The van der Waals surface area contributed by atoms with Crippen molar-refractivity contribution in [3.05, 3.63) is 82.2 Å². The van der Waals surface area contributed by atoms with Gasteiger partial charge in [0, 0.05) is 18.2 Å². The van der Waals surface area contributed by atoms with Crippen molar-refractivity contribution in [2.75, 3.05) is 26.2 Å². The van der Waals surface area contributed by atoms with Crippen molar-refractivity contribution in [1.29, 1.82) is 0 Å². The number of aryl methyl sites for hydroxylation is 1. The first-order valence-electron chi connectivity index (χ1n) is 11.2. The predicted molar refractivity (Wildman–Crippen MR) is 122 cm³/mol. The molecule has 1 atom stereocenters. The van der Waals surface area contributed by atoms with Crippen LogP contribution in [0.15, 0.2) is 53.1 Å². The Balaban J connectivity index is 1.27. The van der Waals surface area contributed by atoms with Crippen LogP contribution in [0.2, 0.25) is 0 Å². The molecule has 0 saturated heterocycles. The fraction of sp³-hybridized carbons (Fsp3) is 0.280. The van der Waals surface area contributed by atoms with E-state index in [2.05, 4.69) is 15.8 Å². The second-order valence-corrected chi connectivity index (χ2v) is 8.28. The number of benzene rings is 2. The molecule has 5 rings (SSSR count). The van der Waals surface area contributed by atoms with Crippen LogP contribution < -0.4 is 15.4 Å². The van der Waals surface area contributed by atoms with Gasteiger partial charge >= 0.3 is 0 Å². The van der Waals surface area contributed by atoms with E-state index in [0.29, 0.717) is 22.6 Å². The molecule has 0 spiro atoms. The van der Waals surface area contributed by atoms with Crippen molar-refractivity contribution < 1.29 is 23.6 Å². The predicted octanol–water partition coefficient (Wildman–Crippen LogP) is 2.27. The minimum Gasteiger partial charge on any atom is -0.491 e. The Morgan fingerprint density at radius 1 is 1.18 bits per heavy atom. The van der Waals surface area contributed by atoms with E-state index < -0.39 is 0 Å². The molecule has 9 nitrogen and oxygen atoms in total. The van der Waals surface area contributed by atoms with Crippen molar-refractivity contribution >= 4 is 17.7 Å². The zero-order valence-corrected chi connectivity index (χ0v) is 18.7. The molecular formula is C25H24N4O5. The maximum absolute atomic E-state index is 12.9. The molecule has 0 unspecified atom stereocenters. The first-order chi connectivity index (χ1) is 16.5. The number of nitrogens with zero attached hydrogens (tertiary/aromatic N) is 2. The smallest absolute Gasteiger partial charge is 0.273 e. The number of aromatic nitrogens is 1. The Bertz CT molecular complexity index is 1230. The molecule has 34 heavy (non-hydrogen) atoms. The van der Waals surface area contributed by atoms with E-state index in [1.54, 1.807) is 37.3 Å². The third-order valence-corrected chi connectivity index (χ3v) is 6.04. The molecule has 3 heterocycles. The van der Waals surface area contributed by atoms with Crippen LogP contribution in [0, 0.1) is 6.92 Å². The number of rotatable bonds is 7. The number of nitrogens with one attached hydrogen (secondary N) is 2. The highest BCUT2D eigenvalue weighted by Gasteiger charge is 2.38. The van der Waals surface area contributed by atoms with Gasteiger partial charge in [0.2, 0.25) is 0 Å². The second kappa shape index (κ2) is 9.11. The van der Waals surface area contributed by atoms with E-state index in [4.69, 9.17) is 9.26 Å². The molecule has 3 aromatic rings. The Morgan fingerprint density at radius 3 is 2.65 bits per heavy atom. The summed E-state index contributed by atoms with van der Waals surface area (Å²) in [7, 11) is 0. The van der Waals surface area contributed by atoms with Gasteiger partial charge in [-0.2, -0.15) is 0 Å². The van der Waals surface area contributed by atoms with E-state index >= 15 is 0 Å². The van der Waals surface area contributed by atoms with Crippen LogP contribution in [0.5, 0.6) is 5.75 Å². The van der Waals surface area contributed by atoms with E-state index in [1.165, 1.54) is 4.90 Å². The summed E-state index contributed by atoms with van der Waals surface area (Å²) >= 11 is 0. The third kappa shape index (κ3) is 4.06. The summed E-state index contributed by atoms with van der Waals surface area (Å²) in [5, 5.41) is 9.88. The highest BCUT2D eigenvalue weighted by atomic mass is 16.5. The van der Waals surface area contributed by atoms with Gasteiger partial charge < -0.3 is 19.9 Å². The molecule has 9 heteroatoms. The molecule has 0 bridgehead atoms. The van der Waals surface area contributed by atoms with E-state index in [0.717, 1.165) is 24.1 Å². The normalized spacial score (nSPS) is 16.9. The molecule has 2 aliphatic rings. The number of hydrogen-bond acceptors (Lipinski definition) is 7. The maximum Gasteiger partial charge on any atom is 0.273 e. The lowest BCUT2D eigenvalue weighted by molar-refractivity contribution is 0.0636. The van der Waals surface area contributed by atoms with E-state index in [9.17, 15) is 14.4 Å². The zero-order valence-electron chi connectivity index (χ0n) is 18.7. The summed E-state index contributed by atoms with van der Waals surface area (Å²) in [5.74, 6) is 0.338. The van der Waals surface area contributed by atoms with Crippen LogP contribution in [0.1, 0.15) is 54.1 Å². The minimum atomic E-state index is -0.333. The van der Waals surface area contributed by atoms with Gasteiger partial charge in [-0.1, -0.05) is 29.4 Å². The summed E-state index contributed by atoms with van der Waals surface area (Å²) in [5.41, 5.74) is 3.14. The molecule has 1 aromatic heterocycles. The van der Waals surface area contributed by atoms with Gasteiger partial charge in [-0.05, 0) is 43.7 Å². The minimum absolute atomic E-state index is 0.210. The summed E-state index contributed by atoms with van der Waals surface area (Å²) < 4.78 is 10.9. The Labute approximate surface area is 196 Å². The van der Waals surface area contributed by atoms with Crippen molar-refractivity contribution in [3.8, 4) is 5.75 Å². The van der Waals surface area contributed by atoms with Gasteiger partial charge in [-0.25, -0.2) is 0 Å². The Hall–Kier alpha value is -3.98. The number of carbonyl (C=O) groups is 3. The van der Waals surface area contributed by atoms with Crippen molar-refractivity contribution in [2.24, 2.45) is 0 Å². The first kappa shape index (κ1) is 21.8. The Morgan fingerprint density at radius 2 is 1.94 bits per heavy atom. The van der Waals surface area contributed by atoms with Crippen molar-refractivity contribution in [1.82, 2.24) is 20.7 Å². The highest BCUT2D eigenvalue weighted by molar-refractivity contribution is 6.21. The van der Waals surface area contributed by atoms with Crippen LogP contribution >= 0.6 is 0 Å². The fourth-order valence-electron chi connectivity index (χ4n) is 4.44. The number of hydrogen-bond donors (Lipinski definition) is 2. The largest absolute Gasteiger partial charge is 0.491 e. The standard InChI is InChI=1S/C25H24N4O5/c1-15-13-19(28-34-15)23(30)27-11-12-33-21-8-4-5-16-9-10-26-20(22(16)21)14-29-24(31)17-6-2-3-7-18(17)25(29)32/h2-8,13,20,26H,9-12,14H2,1H3,(H,27,30)/t20-/m1/s1. The molecule has 2 N–H and O–H groups in total. The quantitative estimate of drug-likeness (QED) is 0.411. The molecule has 2 aromatic carbocycles. The molecular weight excluding hydrogens is 436 g/mol. The lowest BCUT2D eigenvalue weighted by Crippen LogP contribution is -2.41. The van der Waals surface area contributed by atoms with E-state index in [1.807, 2.05) is 18.2 Å². The van der Waals surface area contributed by atoms with Crippen LogP contribution in [-0.2, 0) is 6.42 Å². The number of amides is 3. The van der Waals surface area contributed by atoms with Crippen LogP contribution in [0.25, 0.3) is 0 Å².